The summed E-state index contributed by atoms with van der Waals surface area (Å²) in [7, 11) is 0. The standard InChI is InChI=1S/C30H26N4/c1-21-18-22(2)34(32-21)27-16-15-24-14-13-23-8-3-4-12-29(23)33(30(24)20-27)26-10-7-9-25(19-26)28-11-5-6-17-31-28/h3-12,15-20H,13-14H2,1-2H3. The van der Waals surface area contributed by atoms with Gasteiger partial charge in [0.15, 0.2) is 0 Å². The van der Waals surface area contributed by atoms with Crippen molar-refractivity contribution >= 4 is 17.1 Å². The second-order valence-electron chi connectivity index (χ2n) is 8.88. The van der Waals surface area contributed by atoms with E-state index in [2.05, 4.69) is 95.7 Å². The van der Waals surface area contributed by atoms with Crippen LogP contribution in [-0.2, 0) is 12.8 Å². The minimum Gasteiger partial charge on any atom is -0.310 e. The van der Waals surface area contributed by atoms with Crippen LogP contribution in [0.1, 0.15) is 22.5 Å². The first-order valence-corrected chi connectivity index (χ1v) is 11.7. The fraction of sp³-hybridized carbons (Fsp3) is 0.133. The number of rotatable bonds is 3. The lowest BCUT2D eigenvalue weighted by atomic mass is 10.0. The van der Waals surface area contributed by atoms with Crippen LogP contribution in [0.2, 0.25) is 0 Å². The smallest absolute Gasteiger partial charge is 0.0702 e. The summed E-state index contributed by atoms with van der Waals surface area (Å²) in [6.07, 6.45) is 3.86. The number of para-hydroxylation sites is 1. The van der Waals surface area contributed by atoms with Crippen LogP contribution in [0.4, 0.5) is 17.1 Å². The first-order chi connectivity index (χ1) is 16.7. The molecule has 0 radical (unpaired) electrons. The van der Waals surface area contributed by atoms with E-state index in [0.717, 1.165) is 46.9 Å². The molecule has 0 atom stereocenters. The van der Waals surface area contributed by atoms with Gasteiger partial charge in [-0.2, -0.15) is 5.10 Å². The maximum absolute atomic E-state index is 4.74. The Balaban J connectivity index is 1.56. The highest BCUT2D eigenvalue weighted by molar-refractivity contribution is 5.84. The fourth-order valence-electron chi connectivity index (χ4n) is 4.95. The van der Waals surface area contributed by atoms with E-state index in [1.807, 2.05) is 29.9 Å². The molecule has 0 aliphatic carbocycles. The van der Waals surface area contributed by atoms with Gasteiger partial charge in [-0.25, -0.2) is 4.68 Å². The molecular formula is C30H26N4. The van der Waals surface area contributed by atoms with Gasteiger partial charge in [-0.05, 0) is 86.3 Å². The topological polar surface area (TPSA) is 34.0 Å². The molecule has 0 saturated carbocycles. The summed E-state index contributed by atoms with van der Waals surface area (Å²) in [5, 5.41) is 4.74. The Kier molecular flexibility index (Phi) is 4.99. The van der Waals surface area contributed by atoms with Crippen molar-refractivity contribution in [2.24, 2.45) is 0 Å². The van der Waals surface area contributed by atoms with E-state index in [-0.39, 0.29) is 0 Å². The highest BCUT2D eigenvalue weighted by atomic mass is 15.3. The first-order valence-electron chi connectivity index (χ1n) is 11.7. The molecule has 0 amide bonds. The van der Waals surface area contributed by atoms with Crippen molar-refractivity contribution in [1.82, 2.24) is 14.8 Å². The van der Waals surface area contributed by atoms with E-state index in [9.17, 15) is 0 Å². The normalized spacial score (nSPS) is 12.7. The van der Waals surface area contributed by atoms with Gasteiger partial charge in [-0.15, -0.1) is 0 Å². The summed E-state index contributed by atoms with van der Waals surface area (Å²) in [4.78, 5) is 6.98. The molecule has 0 N–H and O–H groups in total. The molecular weight excluding hydrogens is 416 g/mol. The van der Waals surface area contributed by atoms with Gasteiger partial charge in [-0.3, -0.25) is 4.98 Å². The lowest BCUT2D eigenvalue weighted by Crippen LogP contribution is -2.13. The molecule has 0 bridgehead atoms. The highest BCUT2D eigenvalue weighted by Crippen LogP contribution is 2.43. The molecule has 3 aromatic carbocycles. The summed E-state index contributed by atoms with van der Waals surface area (Å²) in [6.45, 7) is 4.15. The molecule has 0 unspecified atom stereocenters. The van der Waals surface area contributed by atoms with Crippen LogP contribution in [0.5, 0.6) is 0 Å². The van der Waals surface area contributed by atoms with Gasteiger partial charge in [0.2, 0.25) is 0 Å². The fourth-order valence-corrected chi connectivity index (χ4v) is 4.95. The molecule has 2 aromatic heterocycles. The first kappa shape index (κ1) is 20.4. The second kappa shape index (κ2) is 8.31. The third kappa shape index (κ3) is 3.57. The van der Waals surface area contributed by atoms with Gasteiger partial charge in [-0.1, -0.05) is 42.5 Å². The molecule has 34 heavy (non-hydrogen) atoms. The minimum atomic E-state index is 0.976. The zero-order valence-corrected chi connectivity index (χ0v) is 19.4. The number of hydrogen-bond donors (Lipinski definition) is 0. The Bertz CT molecular complexity index is 1480. The zero-order valence-electron chi connectivity index (χ0n) is 19.4. The number of fused-ring (bicyclic) bond motifs is 2. The number of nitrogens with zero attached hydrogens (tertiary/aromatic N) is 4. The van der Waals surface area contributed by atoms with Gasteiger partial charge < -0.3 is 4.90 Å². The lowest BCUT2D eigenvalue weighted by Gasteiger charge is -2.28. The largest absolute Gasteiger partial charge is 0.310 e. The summed E-state index contributed by atoms with van der Waals surface area (Å²) in [5.74, 6) is 0. The molecule has 1 aliphatic heterocycles. The van der Waals surface area contributed by atoms with E-state index < -0.39 is 0 Å². The molecule has 3 heterocycles. The van der Waals surface area contributed by atoms with Crippen molar-refractivity contribution in [1.29, 1.82) is 0 Å². The monoisotopic (exact) mass is 442 g/mol. The van der Waals surface area contributed by atoms with E-state index in [0.29, 0.717) is 0 Å². The van der Waals surface area contributed by atoms with Crippen LogP contribution in [0, 0.1) is 13.8 Å². The van der Waals surface area contributed by atoms with E-state index in [1.165, 1.54) is 22.5 Å². The molecule has 4 heteroatoms. The summed E-state index contributed by atoms with van der Waals surface area (Å²) >= 11 is 0. The van der Waals surface area contributed by atoms with E-state index in [4.69, 9.17) is 5.10 Å². The molecule has 0 fully saturated rings. The van der Waals surface area contributed by atoms with Gasteiger partial charge in [0, 0.05) is 28.8 Å². The van der Waals surface area contributed by atoms with Crippen molar-refractivity contribution in [3.63, 3.8) is 0 Å². The third-order valence-corrected chi connectivity index (χ3v) is 6.53. The Hall–Kier alpha value is -4.18. The summed E-state index contributed by atoms with van der Waals surface area (Å²) < 4.78 is 2.04. The molecule has 6 rings (SSSR count). The third-order valence-electron chi connectivity index (χ3n) is 6.53. The van der Waals surface area contributed by atoms with Crippen molar-refractivity contribution in [2.75, 3.05) is 4.90 Å². The van der Waals surface area contributed by atoms with Gasteiger partial charge in [0.05, 0.1) is 22.8 Å². The van der Waals surface area contributed by atoms with Crippen LogP contribution in [0.25, 0.3) is 16.9 Å². The zero-order chi connectivity index (χ0) is 23.1. The summed E-state index contributed by atoms with van der Waals surface area (Å²) in [5.41, 5.74) is 11.6. The van der Waals surface area contributed by atoms with Gasteiger partial charge in [0.1, 0.15) is 0 Å². The molecule has 1 aliphatic rings. The average molecular weight is 443 g/mol. The Morgan fingerprint density at radius 1 is 0.676 bits per heavy atom. The number of hydrogen-bond acceptors (Lipinski definition) is 3. The van der Waals surface area contributed by atoms with E-state index in [1.54, 1.807) is 0 Å². The lowest BCUT2D eigenvalue weighted by molar-refractivity contribution is 0.832. The Morgan fingerprint density at radius 2 is 1.50 bits per heavy atom. The van der Waals surface area contributed by atoms with Crippen molar-refractivity contribution in [3.8, 4) is 16.9 Å². The number of anilines is 3. The molecule has 0 saturated heterocycles. The van der Waals surface area contributed by atoms with Crippen LogP contribution >= 0.6 is 0 Å². The second-order valence-corrected chi connectivity index (χ2v) is 8.88. The van der Waals surface area contributed by atoms with Gasteiger partial charge in [0.25, 0.3) is 0 Å². The average Bonchev–Trinajstić information content (AvgIpc) is 3.13. The highest BCUT2D eigenvalue weighted by Gasteiger charge is 2.23. The maximum Gasteiger partial charge on any atom is 0.0702 e. The van der Waals surface area contributed by atoms with Crippen LogP contribution in [-0.4, -0.2) is 14.8 Å². The van der Waals surface area contributed by atoms with Crippen molar-refractivity contribution < 1.29 is 0 Å². The summed E-state index contributed by atoms with van der Waals surface area (Å²) in [6, 6.07) is 32.3. The molecule has 0 spiro atoms. The molecule has 166 valence electrons. The van der Waals surface area contributed by atoms with Gasteiger partial charge >= 0.3 is 0 Å². The number of pyridine rings is 1. The molecule has 5 aromatic rings. The predicted octanol–water partition coefficient (Wildman–Crippen LogP) is 7.12. The number of aryl methyl sites for hydroxylation is 4. The quantitative estimate of drug-likeness (QED) is 0.298. The maximum atomic E-state index is 4.74. The van der Waals surface area contributed by atoms with Crippen LogP contribution in [0.3, 0.4) is 0 Å². The Labute approximate surface area is 200 Å². The van der Waals surface area contributed by atoms with E-state index >= 15 is 0 Å². The number of aromatic nitrogens is 3. The van der Waals surface area contributed by atoms with Crippen LogP contribution < -0.4 is 4.90 Å². The Morgan fingerprint density at radius 3 is 2.29 bits per heavy atom. The SMILES string of the molecule is Cc1cc(C)n(-c2ccc3c(c2)N(c2cccc(-c4ccccn4)c2)c2ccccc2CC3)n1. The predicted molar refractivity (Wildman–Crippen MR) is 138 cm³/mol. The number of benzene rings is 3. The van der Waals surface area contributed by atoms with Crippen molar-refractivity contribution in [2.45, 2.75) is 26.7 Å². The minimum absolute atomic E-state index is 0.976. The van der Waals surface area contributed by atoms with Crippen molar-refractivity contribution in [3.05, 3.63) is 120 Å². The van der Waals surface area contributed by atoms with Crippen LogP contribution in [0.15, 0.2) is 97.2 Å². The molecule has 4 nitrogen and oxygen atoms in total.